The first-order valence-electron chi connectivity index (χ1n) is 4.09. The molecule has 0 aliphatic carbocycles. The highest BCUT2D eigenvalue weighted by Gasteiger charge is 2.50. The molecular formula is C7H13NO4. The predicted octanol–water partition coefficient (Wildman–Crippen LogP) is -2.83. The van der Waals surface area contributed by atoms with Crippen molar-refractivity contribution in [1.82, 2.24) is 5.32 Å². The Labute approximate surface area is 69.6 Å². The second-order valence-electron chi connectivity index (χ2n) is 3.57. The number of aliphatic hydroxyl groups is 4. The molecule has 70 valence electrons. The van der Waals surface area contributed by atoms with E-state index in [1.54, 1.807) is 0 Å². The van der Waals surface area contributed by atoms with E-state index in [-0.39, 0.29) is 6.04 Å². The van der Waals surface area contributed by atoms with Gasteiger partial charge in [-0.1, -0.05) is 0 Å². The average Bonchev–Trinajstić information content (AvgIpc) is 2.39. The highest BCUT2D eigenvalue weighted by Crippen LogP contribution is 2.27. The van der Waals surface area contributed by atoms with Crippen LogP contribution in [0.1, 0.15) is 6.42 Å². The van der Waals surface area contributed by atoms with E-state index in [2.05, 4.69) is 5.32 Å². The molecule has 5 nitrogen and oxygen atoms in total. The van der Waals surface area contributed by atoms with Crippen LogP contribution in [0.5, 0.6) is 0 Å². The van der Waals surface area contributed by atoms with E-state index in [1.165, 1.54) is 0 Å². The first kappa shape index (κ1) is 8.40. The van der Waals surface area contributed by atoms with Gasteiger partial charge in [0.2, 0.25) is 0 Å². The minimum Gasteiger partial charge on any atom is -0.391 e. The topological polar surface area (TPSA) is 93.0 Å². The lowest BCUT2D eigenvalue weighted by Gasteiger charge is -2.35. The van der Waals surface area contributed by atoms with E-state index in [4.69, 9.17) is 0 Å². The molecular weight excluding hydrogens is 162 g/mol. The van der Waals surface area contributed by atoms with E-state index >= 15 is 0 Å². The number of aliphatic hydroxyl groups excluding tert-OH is 4. The third-order valence-electron chi connectivity index (χ3n) is 2.80. The van der Waals surface area contributed by atoms with Crippen molar-refractivity contribution in [3.8, 4) is 0 Å². The SMILES string of the molecule is OC1CC2NC1C(O)C(O)C2O. The van der Waals surface area contributed by atoms with Crippen molar-refractivity contribution >= 4 is 0 Å². The molecule has 5 heteroatoms. The van der Waals surface area contributed by atoms with Gasteiger partial charge in [-0.05, 0) is 6.42 Å². The summed E-state index contributed by atoms with van der Waals surface area (Å²) in [6.45, 7) is 0. The lowest BCUT2D eigenvalue weighted by molar-refractivity contribution is -0.103. The van der Waals surface area contributed by atoms with E-state index in [0.29, 0.717) is 6.42 Å². The van der Waals surface area contributed by atoms with Crippen LogP contribution in [0, 0.1) is 0 Å². The van der Waals surface area contributed by atoms with Gasteiger partial charge in [-0.25, -0.2) is 0 Å². The zero-order chi connectivity index (χ0) is 8.88. The lowest BCUT2D eigenvalue weighted by Crippen LogP contribution is -2.61. The molecule has 0 aromatic heterocycles. The van der Waals surface area contributed by atoms with Crippen molar-refractivity contribution in [3.05, 3.63) is 0 Å². The summed E-state index contributed by atoms with van der Waals surface area (Å²) in [4.78, 5) is 0. The molecule has 6 unspecified atom stereocenters. The van der Waals surface area contributed by atoms with Crippen LogP contribution < -0.4 is 5.32 Å². The van der Waals surface area contributed by atoms with Gasteiger partial charge in [0.1, 0.15) is 12.2 Å². The van der Waals surface area contributed by atoms with Gasteiger partial charge in [0.25, 0.3) is 0 Å². The quantitative estimate of drug-likeness (QED) is 0.274. The second kappa shape index (κ2) is 2.65. The summed E-state index contributed by atoms with van der Waals surface area (Å²) in [5.74, 6) is 0. The smallest absolute Gasteiger partial charge is 0.109 e. The Balaban J connectivity index is 2.20. The summed E-state index contributed by atoms with van der Waals surface area (Å²) in [7, 11) is 0. The monoisotopic (exact) mass is 175 g/mol. The van der Waals surface area contributed by atoms with Gasteiger partial charge in [0, 0.05) is 6.04 Å². The Hall–Kier alpha value is -0.200. The molecule has 5 N–H and O–H groups in total. The zero-order valence-electron chi connectivity index (χ0n) is 6.46. The Kier molecular flexibility index (Phi) is 1.85. The molecule has 2 aliphatic rings. The minimum atomic E-state index is -1.14. The molecule has 2 saturated heterocycles. The molecule has 2 rings (SSSR count). The fraction of sp³-hybridized carbons (Fsp3) is 1.00. The molecule has 0 aromatic carbocycles. The second-order valence-corrected chi connectivity index (χ2v) is 3.57. The fourth-order valence-corrected chi connectivity index (χ4v) is 2.05. The van der Waals surface area contributed by atoms with Crippen LogP contribution in [-0.2, 0) is 0 Å². The maximum Gasteiger partial charge on any atom is 0.109 e. The summed E-state index contributed by atoms with van der Waals surface area (Å²) in [5, 5.41) is 40.3. The third kappa shape index (κ3) is 0.982. The van der Waals surface area contributed by atoms with Gasteiger partial charge in [-0.3, -0.25) is 0 Å². The normalized spacial score (nSPS) is 59.0. The Morgan fingerprint density at radius 2 is 1.58 bits per heavy atom. The van der Waals surface area contributed by atoms with Gasteiger partial charge < -0.3 is 25.7 Å². The van der Waals surface area contributed by atoms with Crippen molar-refractivity contribution in [3.63, 3.8) is 0 Å². The molecule has 0 spiro atoms. The minimum absolute atomic E-state index is 0.289. The summed E-state index contributed by atoms with van der Waals surface area (Å²) in [6.07, 6.45) is -3.47. The summed E-state index contributed by atoms with van der Waals surface area (Å²) >= 11 is 0. The number of hydrogen-bond acceptors (Lipinski definition) is 5. The van der Waals surface area contributed by atoms with Gasteiger partial charge in [0.15, 0.2) is 0 Å². The van der Waals surface area contributed by atoms with Crippen LogP contribution in [0.2, 0.25) is 0 Å². The van der Waals surface area contributed by atoms with Gasteiger partial charge in [-0.2, -0.15) is 0 Å². The number of piperidine rings is 1. The number of rotatable bonds is 0. The van der Waals surface area contributed by atoms with E-state index in [0.717, 1.165) is 0 Å². The molecule has 2 bridgehead atoms. The molecule has 0 radical (unpaired) electrons. The van der Waals surface area contributed by atoms with E-state index in [9.17, 15) is 20.4 Å². The van der Waals surface area contributed by atoms with E-state index < -0.39 is 30.5 Å². The molecule has 12 heavy (non-hydrogen) atoms. The Morgan fingerprint density at radius 3 is 2.25 bits per heavy atom. The van der Waals surface area contributed by atoms with Crippen LogP contribution in [0.3, 0.4) is 0 Å². The van der Waals surface area contributed by atoms with Crippen LogP contribution in [0.4, 0.5) is 0 Å². The molecule has 0 aromatic rings. The third-order valence-corrected chi connectivity index (χ3v) is 2.80. The number of nitrogens with one attached hydrogen (secondary N) is 1. The van der Waals surface area contributed by atoms with E-state index in [1.807, 2.05) is 0 Å². The maximum atomic E-state index is 9.37. The fourth-order valence-electron chi connectivity index (χ4n) is 2.05. The molecule has 2 heterocycles. The van der Waals surface area contributed by atoms with Crippen molar-refractivity contribution in [2.24, 2.45) is 0 Å². The molecule has 6 atom stereocenters. The number of hydrogen-bond donors (Lipinski definition) is 5. The van der Waals surface area contributed by atoms with Gasteiger partial charge in [0.05, 0.1) is 18.2 Å². The number of fused-ring (bicyclic) bond motifs is 2. The summed E-state index contributed by atoms with van der Waals surface area (Å²) in [5.41, 5.74) is 0. The van der Waals surface area contributed by atoms with Crippen LogP contribution in [0.15, 0.2) is 0 Å². The van der Waals surface area contributed by atoms with Crippen molar-refractivity contribution in [1.29, 1.82) is 0 Å². The first-order valence-corrected chi connectivity index (χ1v) is 4.09. The molecule has 0 amide bonds. The first-order chi connectivity index (χ1) is 5.61. The van der Waals surface area contributed by atoms with Crippen LogP contribution >= 0.6 is 0 Å². The highest BCUT2D eigenvalue weighted by atomic mass is 16.4. The highest BCUT2D eigenvalue weighted by molar-refractivity contribution is 5.07. The summed E-state index contributed by atoms with van der Waals surface area (Å²) < 4.78 is 0. The molecule has 2 fully saturated rings. The lowest BCUT2D eigenvalue weighted by atomic mass is 9.96. The maximum absolute atomic E-state index is 9.37. The van der Waals surface area contributed by atoms with Crippen LogP contribution in [-0.4, -0.2) is 56.9 Å². The average molecular weight is 175 g/mol. The Morgan fingerprint density at radius 1 is 0.917 bits per heavy atom. The van der Waals surface area contributed by atoms with Gasteiger partial charge >= 0.3 is 0 Å². The van der Waals surface area contributed by atoms with Crippen LogP contribution in [0.25, 0.3) is 0 Å². The predicted molar refractivity (Wildman–Crippen MR) is 39.4 cm³/mol. The van der Waals surface area contributed by atoms with Crippen molar-refractivity contribution in [2.45, 2.75) is 42.9 Å². The standard InChI is InChI=1S/C7H13NO4/c9-3-1-2-5(10)7(12)6(11)4(3)8-2/h2-12H,1H2. The molecule has 2 aliphatic heterocycles. The van der Waals surface area contributed by atoms with Crippen molar-refractivity contribution in [2.75, 3.05) is 0 Å². The van der Waals surface area contributed by atoms with Crippen molar-refractivity contribution < 1.29 is 20.4 Å². The molecule has 0 saturated carbocycles. The summed E-state index contributed by atoms with van der Waals surface area (Å²) in [6, 6.07) is -0.781. The zero-order valence-corrected chi connectivity index (χ0v) is 6.46. The Bertz CT molecular complexity index is 183. The van der Waals surface area contributed by atoms with Gasteiger partial charge in [-0.15, -0.1) is 0 Å². The largest absolute Gasteiger partial charge is 0.391 e.